The minimum absolute atomic E-state index is 0.0192. The van der Waals surface area contributed by atoms with Crippen LogP contribution in [-0.2, 0) is 24.3 Å². The lowest BCUT2D eigenvalue weighted by atomic mass is 10.2. The SMILES string of the molecule is CCOCCCNC(=O)[C@@H]1CCC(=O)N1S(=O)(=O)c1ccc(OC)c(C)c1. The number of ether oxygens (including phenoxy) is 2. The van der Waals surface area contributed by atoms with E-state index in [0.29, 0.717) is 41.8 Å². The van der Waals surface area contributed by atoms with Gasteiger partial charge in [-0.1, -0.05) is 0 Å². The summed E-state index contributed by atoms with van der Waals surface area (Å²) in [5.41, 5.74) is 0.627. The van der Waals surface area contributed by atoms with Crippen LogP contribution in [0.2, 0.25) is 0 Å². The van der Waals surface area contributed by atoms with E-state index in [1.807, 2.05) is 6.92 Å². The largest absolute Gasteiger partial charge is 0.496 e. The lowest BCUT2D eigenvalue weighted by Gasteiger charge is -2.24. The Hall–Kier alpha value is -2.13. The molecule has 1 N–H and O–H groups in total. The monoisotopic (exact) mass is 398 g/mol. The first-order valence-corrected chi connectivity index (χ1v) is 10.3. The fourth-order valence-electron chi connectivity index (χ4n) is 2.97. The highest BCUT2D eigenvalue weighted by Crippen LogP contribution is 2.29. The first kappa shape index (κ1) is 21.2. The summed E-state index contributed by atoms with van der Waals surface area (Å²) in [6.45, 7) is 5.06. The molecule has 1 atom stereocenters. The summed E-state index contributed by atoms with van der Waals surface area (Å²) in [5, 5.41) is 2.69. The Kier molecular flexibility index (Phi) is 7.20. The van der Waals surface area contributed by atoms with Crippen molar-refractivity contribution < 1.29 is 27.5 Å². The maximum Gasteiger partial charge on any atom is 0.267 e. The van der Waals surface area contributed by atoms with Crippen LogP contribution in [0.4, 0.5) is 0 Å². The van der Waals surface area contributed by atoms with E-state index in [1.165, 1.54) is 25.3 Å². The standard InChI is InChI=1S/C18H26N2O6S/c1-4-26-11-5-10-19-18(22)15-7-9-17(21)20(15)27(23,24)14-6-8-16(25-3)13(2)12-14/h6,8,12,15H,4-5,7,9-11H2,1-3H3,(H,19,22)/t15-/m0/s1. The van der Waals surface area contributed by atoms with Crippen molar-refractivity contribution in [2.24, 2.45) is 0 Å². The van der Waals surface area contributed by atoms with Gasteiger partial charge in [0.25, 0.3) is 10.0 Å². The molecular weight excluding hydrogens is 372 g/mol. The number of carbonyl (C=O) groups excluding carboxylic acids is 2. The molecule has 1 fully saturated rings. The quantitative estimate of drug-likeness (QED) is 0.628. The van der Waals surface area contributed by atoms with Gasteiger partial charge >= 0.3 is 0 Å². The minimum atomic E-state index is -4.13. The van der Waals surface area contributed by atoms with Crippen LogP contribution in [-0.4, -0.2) is 57.4 Å². The molecule has 8 nitrogen and oxygen atoms in total. The Labute approximate surface area is 159 Å². The van der Waals surface area contributed by atoms with Crippen LogP contribution < -0.4 is 10.1 Å². The van der Waals surface area contributed by atoms with Crippen LogP contribution in [0.25, 0.3) is 0 Å². The highest BCUT2D eigenvalue weighted by atomic mass is 32.2. The van der Waals surface area contributed by atoms with Crippen molar-refractivity contribution in [1.29, 1.82) is 0 Å². The molecule has 150 valence electrons. The topological polar surface area (TPSA) is 102 Å². The lowest BCUT2D eigenvalue weighted by Crippen LogP contribution is -2.47. The molecule has 0 aliphatic carbocycles. The summed E-state index contributed by atoms with van der Waals surface area (Å²) in [6.07, 6.45) is 0.806. The van der Waals surface area contributed by atoms with E-state index in [1.54, 1.807) is 6.92 Å². The van der Waals surface area contributed by atoms with Crippen molar-refractivity contribution >= 4 is 21.8 Å². The number of nitrogens with one attached hydrogen (secondary N) is 1. The summed E-state index contributed by atoms with van der Waals surface area (Å²) in [6, 6.07) is 3.32. The predicted octanol–water partition coefficient (Wildman–Crippen LogP) is 1.23. The van der Waals surface area contributed by atoms with Gasteiger partial charge < -0.3 is 14.8 Å². The number of sulfonamides is 1. The van der Waals surface area contributed by atoms with Gasteiger partial charge in [0.05, 0.1) is 12.0 Å². The molecule has 0 aromatic heterocycles. The zero-order valence-electron chi connectivity index (χ0n) is 15.9. The Morgan fingerprint density at radius 2 is 2.11 bits per heavy atom. The van der Waals surface area contributed by atoms with Gasteiger partial charge in [-0.3, -0.25) is 9.59 Å². The second-order valence-corrected chi connectivity index (χ2v) is 8.04. The van der Waals surface area contributed by atoms with Crippen molar-refractivity contribution in [2.75, 3.05) is 26.9 Å². The van der Waals surface area contributed by atoms with Gasteiger partial charge in [0, 0.05) is 26.2 Å². The number of aryl methyl sites for hydroxylation is 1. The van der Waals surface area contributed by atoms with Gasteiger partial charge in [0.2, 0.25) is 11.8 Å². The first-order valence-electron chi connectivity index (χ1n) is 8.90. The van der Waals surface area contributed by atoms with Gasteiger partial charge in [-0.2, -0.15) is 0 Å². The average molecular weight is 398 g/mol. The van der Waals surface area contributed by atoms with E-state index in [0.717, 1.165) is 0 Å². The van der Waals surface area contributed by atoms with Crippen molar-refractivity contribution in [2.45, 2.75) is 44.0 Å². The number of amides is 2. The molecular formula is C18H26N2O6S. The highest BCUT2D eigenvalue weighted by molar-refractivity contribution is 7.89. The first-order chi connectivity index (χ1) is 12.8. The van der Waals surface area contributed by atoms with Crippen molar-refractivity contribution in [3.05, 3.63) is 23.8 Å². The molecule has 0 radical (unpaired) electrons. The lowest BCUT2D eigenvalue weighted by molar-refractivity contribution is -0.130. The molecule has 0 unspecified atom stereocenters. The third-order valence-electron chi connectivity index (χ3n) is 4.36. The summed E-state index contributed by atoms with van der Waals surface area (Å²) >= 11 is 0. The number of methoxy groups -OCH3 is 1. The van der Waals surface area contributed by atoms with Crippen LogP contribution in [0, 0.1) is 6.92 Å². The maximum atomic E-state index is 13.0. The van der Waals surface area contributed by atoms with Crippen molar-refractivity contribution in [3.63, 3.8) is 0 Å². The molecule has 1 saturated heterocycles. The molecule has 1 heterocycles. The van der Waals surface area contributed by atoms with Crippen LogP contribution >= 0.6 is 0 Å². The van der Waals surface area contributed by atoms with E-state index in [9.17, 15) is 18.0 Å². The Bertz CT molecular complexity index is 793. The molecule has 0 saturated carbocycles. The summed E-state index contributed by atoms with van der Waals surface area (Å²) in [5.74, 6) is -0.491. The van der Waals surface area contributed by atoms with E-state index >= 15 is 0 Å². The average Bonchev–Trinajstić information content (AvgIpc) is 3.03. The number of rotatable bonds is 9. The van der Waals surface area contributed by atoms with E-state index in [-0.39, 0.29) is 17.7 Å². The summed E-state index contributed by atoms with van der Waals surface area (Å²) in [7, 11) is -2.63. The highest BCUT2D eigenvalue weighted by Gasteiger charge is 2.44. The summed E-state index contributed by atoms with van der Waals surface area (Å²) < 4.78 is 37.0. The predicted molar refractivity (Wildman–Crippen MR) is 98.9 cm³/mol. The van der Waals surface area contributed by atoms with Gasteiger partial charge in [-0.05, 0) is 50.5 Å². The Morgan fingerprint density at radius 3 is 2.74 bits per heavy atom. The second kappa shape index (κ2) is 9.18. The van der Waals surface area contributed by atoms with Gasteiger partial charge in [-0.15, -0.1) is 0 Å². The van der Waals surface area contributed by atoms with E-state index in [4.69, 9.17) is 9.47 Å². The maximum absolute atomic E-state index is 13.0. The second-order valence-electron chi connectivity index (χ2n) is 6.22. The fraction of sp³-hybridized carbons (Fsp3) is 0.556. The molecule has 9 heteroatoms. The van der Waals surface area contributed by atoms with E-state index < -0.39 is 27.9 Å². The van der Waals surface area contributed by atoms with Gasteiger partial charge in [0.1, 0.15) is 11.8 Å². The minimum Gasteiger partial charge on any atom is -0.496 e. The van der Waals surface area contributed by atoms with Crippen molar-refractivity contribution in [3.8, 4) is 5.75 Å². The fourth-order valence-corrected chi connectivity index (χ4v) is 4.66. The zero-order chi connectivity index (χ0) is 20.0. The summed E-state index contributed by atoms with van der Waals surface area (Å²) in [4.78, 5) is 24.7. The van der Waals surface area contributed by atoms with Gasteiger partial charge in [-0.25, -0.2) is 12.7 Å². The molecule has 1 aromatic rings. The number of hydrogen-bond acceptors (Lipinski definition) is 6. The molecule has 27 heavy (non-hydrogen) atoms. The Morgan fingerprint density at radius 1 is 1.37 bits per heavy atom. The zero-order valence-corrected chi connectivity index (χ0v) is 16.7. The van der Waals surface area contributed by atoms with Crippen molar-refractivity contribution in [1.82, 2.24) is 9.62 Å². The number of carbonyl (C=O) groups is 2. The smallest absolute Gasteiger partial charge is 0.267 e. The molecule has 1 aliphatic rings. The molecule has 1 aromatic carbocycles. The molecule has 1 aliphatic heterocycles. The number of benzene rings is 1. The van der Waals surface area contributed by atoms with Gasteiger partial charge in [0.15, 0.2) is 0 Å². The third kappa shape index (κ3) is 4.78. The number of hydrogen-bond donors (Lipinski definition) is 1. The molecule has 2 amide bonds. The van der Waals surface area contributed by atoms with Crippen LogP contribution in [0.1, 0.15) is 31.7 Å². The molecule has 0 spiro atoms. The van der Waals surface area contributed by atoms with Crippen LogP contribution in [0.15, 0.2) is 23.1 Å². The third-order valence-corrected chi connectivity index (χ3v) is 6.18. The molecule has 2 rings (SSSR count). The Balaban J connectivity index is 2.16. The van der Waals surface area contributed by atoms with Crippen LogP contribution in [0.5, 0.6) is 5.75 Å². The number of nitrogens with zero attached hydrogens (tertiary/aromatic N) is 1. The van der Waals surface area contributed by atoms with Crippen LogP contribution in [0.3, 0.4) is 0 Å². The normalized spacial score (nSPS) is 17.2. The molecule has 0 bridgehead atoms. The van der Waals surface area contributed by atoms with E-state index in [2.05, 4.69) is 5.32 Å².